The van der Waals surface area contributed by atoms with E-state index in [0.29, 0.717) is 49.5 Å². The van der Waals surface area contributed by atoms with Crippen LogP contribution in [0.25, 0.3) is 0 Å². The maximum Gasteiger partial charge on any atom is 0.253 e. The minimum absolute atomic E-state index is 0.0113. The number of nitrogens with one attached hydrogen (secondary N) is 2. The van der Waals surface area contributed by atoms with Gasteiger partial charge >= 0.3 is 0 Å². The van der Waals surface area contributed by atoms with Gasteiger partial charge in [0.15, 0.2) is 0 Å². The second-order valence-corrected chi connectivity index (χ2v) is 8.51. The summed E-state index contributed by atoms with van der Waals surface area (Å²) in [4.78, 5) is 39.5. The van der Waals surface area contributed by atoms with Crippen LogP contribution >= 0.6 is 11.6 Å². The van der Waals surface area contributed by atoms with Gasteiger partial charge in [-0.2, -0.15) is 0 Å². The largest absolute Gasteiger partial charge is 0.354 e. The number of halogens is 1. The molecule has 1 saturated heterocycles. The summed E-state index contributed by atoms with van der Waals surface area (Å²) in [5, 5.41) is 6.44. The fraction of sp³-hybridized carbons (Fsp3) is 0.591. The second kappa shape index (κ2) is 11.2. The lowest BCUT2D eigenvalue weighted by Gasteiger charge is -2.36. The Morgan fingerprint density at radius 1 is 1.14 bits per heavy atom. The third-order valence-electron chi connectivity index (χ3n) is 5.13. The molecule has 1 aliphatic heterocycles. The highest BCUT2D eigenvalue weighted by atomic mass is 35.5. The van der Waals surface area contributed by atoms with Gasteiger partial charge in [-0.05, 0) is 55.4 Å². The number of hydrogen-bond acceptors (Lipinski definition) is 3. The van der Waals surface area contributed by atoms with E-state index in [-0.39, 0.29) is 29.6 Å². The molecule has 0 bridgehead atoms. The topological polar surface area (TPSA) is 78.5 Å². The molecule has 0 saturated carbocycles. The van der Waals surface area contributed by atoms with Crippen molar-refractivity contribution in [3.8, 4) is 0 Å². The number of carbonyl (C=O) groups excluding carboxylic acids is 3. The van der Waals surface area contributed by atoms with Gasteiger partial charge in [0.25, 0.3) is 5.91 Å². The zero-order valence-corrected chi connectivity index (χ0v) is 18.3. The van der Waals surface area contributed by atoms with Gasteiger partial charge in [0.05, 0.1) is 0 Å². The number of carbonyl (C=O) groups is 3. The minimum Gasteiger partial charge on any atom is -0.354 e. The van der Waals surface area contributed by atoms with Crippen LogP contribution in [0.3, 0.4) is 0 Å². The van der Waals surface area contributed by atoms with Crippen LogP contribution in [0.15, 0.2) is 24.3 Å². The monoisotopic (exact) mass is 421 g/mol. The van der Waals surface area contributed by atoms with Crippen molar-refractivity contribution in [3.05, 3.63) is 34.9 Å². The van der Waals surface area contributed by atoms with Gasteiger partial charge in [-0.15, -0.1) is 0 Å². The highest BCUT2D eigenvalue weighted by Gasteiger charge is 2.33. The SMILES string of the molecule is CCCNC(=O)[C@@H](NC(=O)CC(C)C)C1CCN(C(=O)c2ccc(Cl)cc2)CC1. The van der Waals surface area contributed by atoms with E-state index in [1.165, 1.54) is 0 Å². The van der Waals surface area contributed by atoms with Crippen LogP contribution in [0.5, 0.6) is 0 Å². The molecule has 6 nitrogen and oxygen atoms in total. The van der Waals surface area contributed by atoms with Crippen molar-refractivity contribution < 1.29 is 14.4 Å². The van der Waals surface area contributed by atoms with E-state index in [9.17, 15) is 14.4 Å². The number of nitrogens with zero attached hydrogens (tertiary/aromatic N) is 1. The molecular weight excluding hydrogens is 390 g/mol. The maximum absolute atomic E-state index is 12.7. The summed E-state index contributed by atoms with van der Waals surface area (Å²) in [5.41, 5.74) is 0.607. The van der Waals surface area contributed by atoms with Crippen molar-refractivity contribution in [2.45, 2.75) is 52.5 Å². The summed E-state index contributed by atoms with van der Waals surface area (Å²) >= 11 is 5.90. The molecule has 0 unspecified atom stereocenters. The summed E-state index contributed by atoms with van der Waals surface area (Å²) in [6, 6.07) is 6.31. The molecule has 0 aromatic heterocycles. The standard InChI is InChI=1S/C22H32ClN3O3/c1-4-11-24-21(28)20(25-19(27)14-15(2)3)16-9-12-26(13-10-16)22(29)17-5-7-18(23)8-6-17/h5-8,15-16,20H,4,9-14H2,1-3H3,(H,24,28)(H,25,27)/t20-/m0/s1. The molecule has 1 heterocycles. The lowest BCUT2D eigenvalue weighted by Crippen LogP contribution is -2.54. The summed E-state index contributed by atoms with van der Waals surface area (Å²) in [5.74, 6) is -0.0240. The Morgan fingerprint density at radius 3 is 2.31 bits per heavy atom. The van der Waals surface area contributed by atoms with Crippen molar-refractivity contribution in [2.75, 3.05) is 19.6 Å². The molecule has 1 fully saturated rings. The van der Waals surface area contributed by atoms with Crippen molar-refractivity contribution in [1.82, 2.24) is 15.5 Å². The first-order chi connectivity index (χ1) is 13.8. The molecule has 2 rings (SSSR count). The van der Waals surface area contributed by atoms with E-state index in [4.69, 9.17) is 11.6 Å². The zero-order chi connectivity index (χ0) is 21.4. The Hall–Kier alpha value is -2.08. The first-order valence-electron chi connectivity index (χ1n) is 10.4. The predicted octanol–water partition coefficient (Wildman–Crippen LogP) is 3.25. The lowest BCUT2D eigenvalue weighted by atomic mass is 9.88. The molecule has 160 valence electrons. The molecule has 1 atom stereocenters. The number of benzene rings is 1. The number of piperidine rings is 1. The Balaban J connectivity index is 2.00. The molecule has 1 aromatic carbocycles. The second-order valence-electron chi connectivity index (χ2n) is 8.07. The molecule has 0 aliphatic carbocycles. The molecule has 0 radical (unpaired) electrons. The van der Waals surface area contributed by atoms with Crippen LogP contribution in [0.2, 0.25) is 5.02 Å². The molecule has 0 spiro atoms. The smallest absolute Gasteiger partial charge is 0.253 e. The van der Waals surface area contributed by atoms with Crippen molar-refractivity contribution in [2.24, 2.45) is 11.8 Å². The molecule has 29 heavy (non-hydrogen) atoms. The third kappa shape index (κ3) is 7.03. The van der Waals surface area contributed by atoms with Gasteiger partial charge in [0.1, 0.15) is 6.04 Å². The summed E-state index contributed by atoms with van der Waals surface area (Å²) in [6.45, 7) is 7.66. The normalized spacial score (nSPS) is 15.8. The van der Waals surface area contributed by atoms with Crippen LogP contribution in [0.1, 0.15) is 56.8 Å². The van der Waals surface area contributed by atoms with Crippen LogP contribution < -0.4 is 10.6 Å². The van der Waals surface area contributed by atoms with Gasteiger partial charge in [-0.1, -0.05) is 32.4 Å². The maximum atomic E-state index is 12.7. The first-order valence-corrected chi connectivity index (χ1v) is 10.8. The van der Waals surface area contributed by atoms with Gasteiger partial charge < -0.3 is 15.5 Å². The molecule has 3 amide bonds. The van der Waals surface area contributed by atoms with Crippen molar-refractivity contribution in [1.29, 1.82) is 0 Å². The van der Waals surface area contributed by atoms with Gasteiger partial charge in [0.2, 0.25) is 11.8 Å². The predicted molar refractivity (Wildman–Crippen MR) is 115 cm³/mol. The minimum atomic E-state index is -0.555. The van der Waals surface area contributed by atoms with Gasteiger partial charge in [0, 0.05) is 36.6 Å². The third-order valence-corrected chi connectivity index (χ3v) is 5.38. The fourth-order valence-corrected chi connectivity index (χ4v) is 3.70. The van der Waals surface area contributed by atoms with Crippen molar-refractivity contribution in [3.63, 3.8) is 0 Å². The summed E-state index contributed by atoms with van der Waals surface area (Å²) in [6.07, 6.45) is 2.58. The van der Waals surface area contributed by atoms with Crippen LogP contribution in [0, 0.1) is 11.8 Å². The van der Waals surface area contributed by atoms with E-state index < -0.39 is 6.04 Å². The summed E-state index contributed by atoms with van der Waals surface area (Å²) < 4.78 is 0. The van der Waals surface area contributed by atoms with Crippen molar-refractivity contribution >= 4 is 29.3 Å². The number of amides is 3. The number of likely N-dealkylation sites (tertiary alicyclic amines) is 1. The Kier molecular flexibility index (Phi) is 8.96. The molecule has 7 heteroatoms. The average molecular weight is 422 g/mol. The summed E-state index contributed by atoms with van der Waals surface area (Å²) in [7, 11) is 0. The number of rotatable bonds is 8. The molecular formula is C22H32ClN3O3. The average Bonchev–Trinajstić information content (AvgIpc) is 2.70. The lowest BCUT2D eigenvalue weighted by molar-refractivity contribution is -0.131. The molecule has 2 N–H and O–H groups in total. The first kappa shape index (κ1) is 23.2. The highest BCUT2D eigenvalue weighted by molar-refractivity contribution is 6.30. The molecule has 1 aromatic rings. The van der Waals surface area contributed by atoms with E-state index in [1.54, 1.807) is 29.2 Å². The zero-order valence-electron chi connectivity index (χ0n) is 17.5. The highest BCUT2D eigenvalue weighted by Crippen LogP contribution is 2.23. The number of hydrogen-bond donors (Lipinski definition) is 2. The Bertz CT molecular complexity index is 698. The Labute approximate surface area is 178 Å². The van der Waals surface area contributed by atoms with Crippen LogP contribution in [-0.4, -0.2) is 48.3 Å². The fourth-order valence-electron chi connectivity index (χ4n) is 3.57. The Morgan fingerprint density at radius 2 is 1.76 bits per heavy atom. The van der Waals surface area contributed by atoms with E-state index in [1.807, 2.05) is 20.8 Å². The molecule has 1 aliphatic rings. The van der Waals surface area contributed by atoms with E-state index >= 15 is 0 Å². The van der Waals surface area contributed by atoms with Crippen LogP contribution in [-0.2, 0) is 9.59 Å². The van der Waals surface area contributed by atoms with E-state index in [0.717, 1.165) is 6.42 Å². The quantitative estimate of drug-likeness (QED) is 0.676. The van der Waals surface area contributed by atoms with Gasteiger partial charge in [-0.25, -0.2) is 0 Å². The van der Waals surface area contributed by atoms with Gasteiger partial charge in [-0.3, -0.25) is 14.4 Å². The van der Waals surface area contributed by atoms with Crippen LogP contribution in [0.4, 0.5) is 0 Å². The van der Waals surface area contributed by atoms with E-state index in [2.05, 4.69) is 10.6 Å².